The third-order valence-electron chi connectivity index (χ3n) is 2.24. The molecule has 0 bridgehead atoms. The summed E-state index contributed by atoms with van der Waals surface area (Å²) in [6.45, 7) is 3.62. The van der Waals surface area contributed by atoms with Gasteiger partial charge >= 0.3 is 0 Å². The highest BCUT2D eigenvalue weighted by Gasteiger charge is 2.15. The molecule has 16 heavy (non-hydrogen) atoms. The Labute approximate surface area is 93.5 Å². The van der Waals surface area contributed by atoms with Crippen LogP contribution in [-0.2, 0) is 0 Å². The van der Waals surface area contributed by atoms with E-state index in [4.69, 9.17) is 5.73 Å². The quantitative estimate of drug-likeness (QED) is 0.803. The van der Waals surface area contributed by atoms with E-state index in [0.29, 0.717) is 6.42 Å². The molecule has 2 nitrogen and oxygen atoms in total. The lowest BCUT2D eigenvalue weighted by atomic mass is 9.96. The van der Waals surface area contributed by atoms with Crippen LogP contribution < -0.4 is 5.73 Å². The van der Waals surface area contributed by atoms with E-state index in [0.717, 1.165) is 12.1 Å². The van der Waals surface area contributed by atoms with E-state index in [1.165, 1.54) is 6.07 Å². The van der Waals surface area contributed by atoms with E-state index in [9.17, 15) is 13.6 Å². The van der Waals surface area contributed by atoms with Crippen molar-refractivity contribution in [2.75, 3.05) is 0 Å². The zero-order valence-electron chi connectivity index (χ0n) is 9.39. The summed E-state index contributed by atoms with van der Waals surface area (Å²) in [6.07, 6.45) is 0.736. The fourth-order valence-electron chi connectivity index (χ4n) is 1.25. The topological polar surface area (TPSA) is 43.1 Å². The summed E-state index contributed by atoms with van der Waals surface area (Å²) < 4.78 is 25.5. The molecule has 0 aliphatic carbocycles. The highest BCUT2D eigenvalue weighted by Crippen LogP contribution is 2.14. The summed E-state index contributed by atoms with van der Waals surface area (Å²) >= 11 is 0. The van der Waals surface area contributed by atoms with Crippen LogP contribution in [0, 0.1) is 11.6 Å². The summed E-state index contributed by atoms with van der Waals surface area (Å²) in [5.74, 6) is -2.18. The predicted molar refractivity (Wildman–Crippen MR) is 58.2 cm³/mol. The zero-order valence-corrected chi connectivity index (χ0v) is 9.39. The molecule has 0 saturated carbocycles. The molecule has 0 unspecified atom stereocenters. The molecule has 88 valence electrons. The van der Waals surface area contributed by atoms with E-state index in [1.54, 1.807) is 0 Å². The Hall–Kier alpha value is -1.29. The molecule has 0 saturated heterocycles. The first kappa shape index (κ1) is 12.8. The monoisotopic (exact) mass is 227 g/mol. The van der Waals surface area contributed by atoms with Crippen LogP contribution in [0.2, 0.25) is 0 Å². The molecule has 4 heteroatoms. The van der Waals surface area contributed by atoms with Crippen LogP contribution in [0.25, 0.3) is 0 Å². The van der Waals surface area contributed by atoms with Crippen molar-refractivity contribution in [3.05, 3.63) is 35.4 Å². The number of hydrogen-bond donors (Lipinski definition) is 1. The molecule has 0 heterocycles. The summed E-state index contributed by atoms with van der Waals surface area (Å²) in [4.78, 5) is 11.6. The van der Waals surface area contributed by atoms with Crippen molar-refractivity contribution in [1.29, 1.82) is 0 Å². The number of Topliss-reactive ketones (excluding diaryl/α,β-unsaturated/α-hetero) is 1. The lowest BCUT2D eigenvalue weighted by Crippen LogP contribution is -2.32. The molecule has 1 aromatic carbocycles. The first-order chi connectivity index (χ1) is 7.29. The minimum Gasteiger partial charge on any atom is -0.326 e. The fourth-order valence-corrected chi connectivity index (χ4v) is 1.25. The van der Waals surface area contributed by atoms with E-state index in [2.05, 4.69) is 0 Å². The van der Waals surface area contributed by atoms with Crippen molar-refractivity contribution < 1.29 is 13.6 Å². The van der Waals surface area contributed by atoms with Gasteiger partial charge in [0.25, 0.3) is 0 Å². The molecular formula is C12H15F2NO. The van der Waals surface area contributed by atoms with E-state index in [1.807, 2.05) is 13.8 Å². The van der Waals surface area contributed by atoms with Crippen LogP contribution >= 0.6 is 0 Å². The standard InChI is InChI=1S/C12H15F2NO/c1-12(2,15)6-5-11(16)8-3-4-9(13)10(14)7-8/h3-4,7H,5-6,15H2,1-2H3. The maximum atomic E-state index is 12.9. The van der Waals surface area contributed by atoms with Gasteiger partial charge < -0.3 is 5.73 Å². The third-order valence-corrected chi connectivity index (χ3v) is 2.24. The van der Waals surface area contributed by atoms with Crippen molar-refractivity contribution in [1.82, 2.24) is 0 Å². The van der Waals surface area contributed by atoms with Gasteiger partial charge in [-0.1, -0.05) is 0 Å². The van der Waals surface area contributed by atoms with Gasteiger partial charge in [-0.05, 0) is 38.5 Å². The van der Waals surface area contributed by atoms with Crippen LogP contribution in [0.3, 0.4) is 0 Å². The summed E-state index contributed by atoms with van der Waals surface area (Å²) in [7, 11) is 0. The summed E-state index contributed by atoms with van der Waals surface area (Å²) in [5.41, 5.74) is 5.48. The number of carbonyl (C=O) groups is 1. The molecule has 2 N–H and O–H groups in total. The Morgan fingerprint density at radius 2 is 1.94 bits per heavy atom. The Balaban J connectivity index is 2.70. The lowest BCUT2D eigenvalue weighted by molar-refractivity contribution is 0.0972. The first-order valence-electron chi connectivity index (χ1n) is 5.07. The van der Waals surface area contributed by atoms with Crippen molar-refractivity contribution in [3.8, 4) is 0 Å². The lowest BCUT2D eigenvalue weighted by Gasteiger charge is -2.17. The largest absolute Gasteiger partial charge is 0.326 e. The van der Waals surface area contributed by atoms with Crippen LogP contribution in [0.15, 0.2) is 18.2 Å². The number of nitrogens with two attached hydrogens (primary N) is 1. The maximum Gasteiger partial charge on any atom is 0.163 e. The normalized spacial score (nSPS) is 11.6. The number of rotatable bonds is 4. The average Bonchev–Trinajstić information content (AvgIpc) is 2.17. The molecular weight excluding hydrogens is 212 g/mol. The molecule has 0 aliphatic rings. The van der Waals surface area contributed by atoms with Crippen LogP contribution in [0.5, 0.6) is 0 Å². The minimum atomic E-state index is -1.00. The second-order valence-electron chi connectivity index (χ2n) is 4.54. The minimum absolute atomic E-state index is 0.183. The van der Waals surface area contributed by atoms with Crippen molar-refractivity contribution in [2.45, 2.75) is 32.2 Å². The van der Waals surface area contributed by atoms with E-state index in [-0.39, 0.29) is 17.8 Å². The van der Waals surface area contributed by atoms with Gasteiger partial charge in [-0.3, -0.25) is 4.79 Å². The Morgan fingerprint density at radius 3 is 2.44 bits per heavy atom. The van der Waals surface area contributed by atoms with Gasteiger partial charge in [0.15, 0.2) is 17.4 Å². The number of hydrogen-bond acceptors (Lipinski definition) is 2. The Kier molecular flexibility index (Phi) is 3.75. The van der Waals surface area contributed by atoms with Crippen LogP contribution in [0.4, 0.5) is 8.78 Å². The SMILES string of the molecule is CC(C)(N)CCC(=O)c1ccc(F)c(F)c1. The summed E-state index contributed by atoms with van der Waals surface area (Å²) in [6, 6.07) is 3.15. The summed E-state index contributed by atoms with van der Waals surface area (Å²) in [5, 5.41) is 0. The fraction of sp³-hybridized carbons (Fsp3) is 0.417. The second kappa shape index (κ2) is 4.70. The van der Waals surface area contributed by atoms with E-state index < -0.39 is 17.2 Å². The van der Waals surface area contributed by atoms with Gasteiger partial charge in [0.2, 0.25) is 0 Å². The Morgan fingerprint density at radius 1 is 1.31 bits per heavy atom. The number of halogens is 2. The zero-order chi connectivity index (χ0) is 12.3. The smallest absolute Gasteiger partial charge is 0.163 e. The van der Waals surface area contributed by atoms with Gasteiger partial charge in [-0.25, -0.2) is 8.78 Å². The van der Waals surface area contributed by atoms with E-state index >= 15 is 0 Å². The van der Waals surface area contributed by atoms with Crippen molar-refractivity contribution in [2.24, 2.45) is 5.73 Å². The average molecular weight is 227 g/mol. The number of ketones is 1. The first-order valence-corrected chi connectivity index (χ1v) is 5.07. The maximum absolute atomic E-state index is 12.9. The van der Waals surface area contributed by atoms with Gasteiger partial charge in [-0.15, -0.1) is 0 Å². The van der Waals surface area contributed by atoms with Crippen LogP contribution in [0.1, 0.15) is 37.0 Å². The van der Waals surface area contributed by atoms with Crippen LogP contribution in [-0.4, -0.2) is 11.3 Å². The third kappa shape index (κ3) is 3.70. The molecule has 0 spiro atoms. The van der Waals surface area contributed by atoms with Gasteiger partial charge in [0, 0.05) is 17.5 Å². The molecule has 1 rings (SSSR count). The molecule has 0 atom stereocenters. The molecule has 0 aliphatic heterocycles. The Bertz CT molecular complexity index is 396. The molecule has 0 fully saturated rings. The molecule has 1 aromatic rings. The van der Waals surface area contributed by atoms with Gasteiger partial charge in [0.1, 0.15) is 0 Å². The second-order valence-corrected chi connectivity index (χ2v) is 4.54. The molecule has 0 radical (unpaired) electrons. The van der Waals surface area contributed by atoms with Gasteiger partial charge in [-0.2, -0.15) is 0 Å². The molecule has 0 amide bonds. The highest BCUT2D eigenvalue weighted by atomic mass is 19.2. The van der Waals surface area contributed by atoms with Gasteiger partial charge in [0.05, 0.1) is 0 Å². The molecule has 0 aromatic heterocycles. The number of benzene rings is 1. The number of carbonyl (C=O) groups excluding carboxylic acids is 1. The highest BCUT2D eigenvalue weighted by molar-refractivity contribution is 5.96. The van der Waals surface area contributed by atoms with Crippen molar-refractivity contribution in [3.63, 3.8) is 0 Å². The predicted octanol–water partition coefficient (Wildman–Crippen LogP) is 2.67. The van der Waals surface area contributed by atoms with Crippen molar-refractivity contribution >= 4 is 5.78 Å².